The molecule has 2 saturated heterocycles. The van der Waals surface area contributed by atoms with Gasteiger partial charge >= 0.3 is 6.09 Å². The Balaban J connectivity index is 1.98. The molecule has 0 aromatic heterocycles. The Kier molecular flexibility index (Phi) is 3.82. The second-order valence-corrected chi connectivity index (χ2v) is 6.19. The molecule has 5 nitrogen and oxygen atoms in total. The number of hydrogen-bond donors (Lipinski definition) is 1. The van der Waals surface area contributed by atoms with Crippen molar-refractivity contribution in [1.82, 2.24) is 10.4 Å². The standard InChI is InChI=1S/C13H24N2O3/c1-13(2,3)17-12(16)15-9-5-6-10(15)8-11(7-9)18-14-4/h9-11,14H,5-8H2,1-4H3. The predicted molar refractivity (Wildman–Crippen MR) is 68.0 cm³/mol. The van der Waals surface area contributed by atoms with Crippen LogP contribution in [0.15, 0.2) is 0 Å². The van der Waals surface area contributed by atoms with Gasteiger partial charge in [0, 0.05) is 19.1 Å². The molecule has 1 amide bonds. The summed E-state index contributed by atoms with van der Waals surface area (Å²) in [6.45, 7) is 5.72. The highest BCUT2D eigenvalue weighted by Gasteiger charge is 2.45. The van der Waals surface area contributed by atoms with Crippen LogP contribution in [0.2, 0.25) is 0 Å². The summed E-state index contributed by atoms with van der Waals surface area (Å²) in [5.41, 5.74) is 2.33. The first-order chi connectivity index (χ1) is 8.40. The number of carbonyl (C=O) groups excluding carboxylic acids is 1. The molecule has 0 spiro atoms. The molecule has 0 aliphatic carbocycles. The summed E-state index contributed by atoms with van der Waals surface area (Å²) in [6, 6.07) is 0.550. The fourth-order valence-corrected chi connectivity index (χ4v) is 3.00. The number of hydrogen-bond acceptors (Lipinski definition) is 4. The predicted octanol–water partition coefficient (Wildman–Crippen LogP) is 2.07. The molecular weight excluding hydrogens is 232 g/mol. The zero-order valence-electron chi connectivity index (χ0n) is 11.7. The van der Waals surface area contributed by atoms with E-state index in [0.29, 0.717) is 0 Å². The zero-order chi connectivity index (χ0) is 13.3. The molecule has 2 aliphatic heterocycles. The Morgan fingerprint density at radius 3 is 2.22 bits per heavy atom. The third-order valence-corrected chi connectivity index (χ3v) is 3.58. The Hall–Kier alpha value is -0.810. The van der Waals surface area contributed by atoms with Crippen LogP contribution in [-0.4, -0.2) is 41.8 Å². The lowest BCUT2D eigenvalue weighted by atomic mass is 10.0. The topological polar surface area (TPSA) is 50.8 Å². The van der Waals surface area contributed by atoms with Crippen molar-refractivity contribution in [2.24, 2.45) is 0 Å². The van der Waals surface area contributed by atoms with E-state index in [1.165, 1.54) is 0 Å². The number of amides is 1. The number of nitrogens with one attached hydrogen (secondary N) is 1. The van der Waals surface area contributed by atoms with Gasteiger partial charge in [-0.1, -0.05) is 0 Å². The minimum absolute atomic E-state index is 0.169. The van der Waals surface area contributed by atoms with E-state index in [1.54, 1.807) is 7.05 Å². The SMILES string of the molecule is CNOC1CC2CCC(C1)N2C(=O)OC(C)(C)C. The Morgan fingerprint density at radius 2 is 1.78 bits per heavy atom. The van der Waals surface area contributed by atoms with Crippen molar-refractivity contribution in [3.8, 4) is 0 Å². The van der Waals surface area contributed by atoms with E-state index >= 15 is 0 Å². The summed E-state index contributed by atoms with van der Waals surface area (Å²) in [5, 5.41) is 0. The fourth-order valence-electron chi connectivity index (χ4n) is 3.00. The molecule has 0 radical (unpaired) electrons. The van der Waals surface area contributed by atoms with Gasteiger partial charge in [0.05, 0.1) is 6.10 Å². The molecule has 2 bridgehead atoms. The van der Waals surface area contributed by atoms with Crippen LogP contribution in [0.5, 0.6) is 0 Å². The van der Waals surface area contributed by atoms with Crippen molar-refractivity contribution in [2.45, 2.75) is 70.2 Å². The average molecular weight is 256 g/mol. The lowest BCUT2D eigenvalue weighted by Gasteiger charge is -2.38. The van der Waals surface area contributed by atoms with E-state index in [9.17, 15) is 4.79 Å². The highest BCUT2D eigenvalue weighted by Crippen LogP contribution is 2.37. The molecule has 1 N–H and O–H groups in total. The van der Waals surface area contributed by atoms with Gasteiger partial charge < -0.3 is 9.64 Å². The largest absolute Gasteiger partial charge is 0.444 e. The van der Waals surface area contributed by atoms with E-state index in [0.717, 1.165) is 25.7 Å². The molecule has 2 rings (SSSR count). The first-order valence-electron chi connectivity index (χ1n) is 6.74. The van der Waals surface area contributed by atoms with Crippen molar-refractivity contribution in [3.63, 3.8) is 0 Å². The first kappa shape index (κ1) is 13.6. The van der Waals surface area contributed by atoms with Gasteiger partial charge in [0.25, 0.3) is 0 Å². The highest BCUT2D eigenvalue weighted by molar-refractivity contribution is 5.69. The van der Waals surface area contributed by atoms with Gasteiger partial charge in [0.2, 0.25) is 0 Å². The van der Waals surface area contributed by atoms with E-state index in [1.807, 2.05) is 25.7 Å². The van der Waals surface area contributed by atoms with Crippen LogP contribution in [0.25, 0.3) is 0 Å². The molecule has 0 aromatic carbocycles. The quantitative estimate of drug-likeness (QED) is 0.768. The van der Waals surface area contributed by atoms with Crippen molar-refractivity contribution in [3.05, 3.63) is 0 Å². The fraction of sp³-hybridized carbons (Fsp3) is 0.923. The number of fused-ring (bicyclic) bond motifs is 2. The highest BCUT2D eigenvalue weighted by atomic mass is 16.7. The van der Waals surface area contributed by atoms with Crippen molar-refractivity contribution in [1.29, 1.82) is 0 Å². The second kappa shape index (κ2) is 5.05. The number of ether oxygens (including phenoxy) is 1. The van der Waals surface area contributed by atoms with Crippen LogP contribution in [0, 0.1) is 0 Å². The van der Waals surface area contributed by atoms with Gasteiger partial charge in [0.15, 0.2) is 0 Å². The van der Waals surface area contributed by atoms with Gasteiger partial charge in [0.1, 0.15) is 5.60 Å². The summed E-state index contributed by atoms with van der Waals surface area (Å²) < 4.78 is 5.48. The van der Waals surface area contributed by atoms with Crippen LogP contribution in [0.4, 0.5) is 4.79 Å². The molecule has 2 heterocycles. The minimum Gasteiger partial charge on any atom is -0.444 e. The molecule has 18 heavy (non-hydrogen) atoms. The van der Waals surface area contributed by atoms with Gasteiger partial charge in [-0.25, -0.2) is 10.3 Å². The van der Waals surface area contributed by atoms with Crippen LogP contribution in [0.1, 0.15) is 46.5 Å². The third kappa shape index (κ3) is 2.95. The minimum atomic E-state index is -0.422. The second-order valence-electron chi connectivity index (χ2n) is 6.19. The molecular formula is C13H24N2O3. The molecule has 2 unspecified atom stereocenters. The summed E-state index contributed by atoms with van der Waals surface area (Å²) in [7, 11) is 1.78. The van der Waals surface area contributed by atoms with Crippen LogP contribution in [-0.2, 0) is 9.57 Å². The van der Waals surface area contributed by atoms with E-state index < -0.39 is 5.60 Å². The van der Waals surface area contributed by atoms with Crippen LogP contribution in [0.3, 0.4) is 0 Å². The summed E-state index contributed by atoms with van der Waals surface area (Å²) >= 11 is 0. The zero-order valence-corrected chi connectivity index (χ0v) is 11.7. The lowest BCUT2D eigenvalue weighted by molar-refractivity contribution is -0.0656. The molecule has 5 heteroatoms. The Labute approximate surface area is 109 Å². The number of hydroxylamine groups is 1. The van der Waals surface area contributed by atoms with Crippen LogP contribution >= 0.6 is 0 Å². The normalized spacial score (nSPS) is 31.6. The summed E-state index contributed by atoms with van der Waals surface area (Å²) in [4.78, 5) is 19.6. The Bertz CT molecular complexity index is 300. The maximum atomic E-state index is 12.2. The Morgan fingerprint density at radius 1 is 1.22 bits per heavy atom. The van der Waals surface area contributed by atoms with Gasteiger partial charge in [-0.2, -0.15) is 0 Å². The molecule has 2 fully saturated rings. The van der Waals surface area contributed by atoms with E-state index in [2.05, 4.69) is 5.48 Å². The monoisotopic (exact) mass is 256 g/mol. The maximum absolute atomic E-state index is 12.2. The molecule has 2 aliphatic rings. The van der Waals surface area contributed by atoms with E-state index in [-0.39, 0.29) is 24.3 Å². The van der Waals surface area contributed by atoms with Crippen molar-refractivity contribution in [2.75, 3.05) is 7.05 Å². The third-order valence-electron chi connectivity index (χ3n) is 3.58. The first-order valence-corrected chi connectivity index (χ1v) is 6.74. The van der Waals surface area contributed by atoms with E-state index in [4.69, 9.17) is 9.57 Å². The van der Waals surface area contributed by atoms with Crippen molar-refractivity contribution < 1.29 is 14.4 Å². The van der Waals surface area contributed by atoms with Gasteiger partial charge in [-0.15, -0.1) is 0 Å². The number of nitrogens with zero attached hydrogens (tertiary/aromatic N) is 1. The smallest absolute Gasteiger partial charge is 0.410 e. The van der Waals surface area contributed by atoms with Gasteiger partial charge in [-0.3, -0.25) is 4.84 Å². The molecule has 0 aromatic rings. The summed E-state index contributed by atoms with van der Waals surface area (Å²) in [5.74, 6) is 0. The summed E-state index contributed by atoms with van der Waals surface area (Å²) in [6.07, 6.45) is 3.97. The molecule has 104 valence electrons. The van der Waals surface area contributed by atoms with Gasteiger partial charge in [-0.05, 0) is 46.5 Å². The number of piperidine rings is 1. The molecule has 0 saturated carbocycles. The lowest BCUT2D eigenvalue weighted by Crippen LogP contribution is -2.50. The average Bonchev–Trinajstić information content (AvgIpc) is 2.49. The van der Waals surface area contributed by atoms with Crippen molar-refractivity contribution >= 4 is 6.09 Å². The molecule has 2 atom stereocenters. The van der Waals surface area contributed by atoms with Crippen LogP contribution < -0.4 is 5.48 Å². The number of carbonyl (C=O) groups is 1. The maximum Gasteiger partial charge on any atom is 0.410 e. The number of rotatable bonds is 2.